The number of morpholine rings is 1. The van der Waals surface area contributed by atoms with E-state index in [1.807, 2.05) is 0 Å². The number of ether oxygens (including phenoxy) is 2. The van der Waals surface area contributed by atoms with Crippen LogP contribution in [0.1, 0.15) is 5.56 Å². The molecule has 0 saturated carbocycles. The quantitative estimate of drug-likeness (QED) is 0.567. The molecule has 0 N–H and O–H groups in total. The van der Waals surface area contributed by atoms with Gasteiger partial charge in [-0.1, -0.05) is 0 Å². The molecule has 1 aliphatic heterocycles. The Balaban J connectivity index is 2.06. The van der Waals surface area contributed by atoms with Gasteiger partial charge in [-0.25, -0.2) is 4.79 Å². The molecule has 1 aliphatic rings. The van der Waals surface area contributed by atoms with Crippen molar-refractivity contribution in [2.45, 2.75) is 6.04 Å². The number of esters is 1. The minimum absolute atomic E-state index is 0.166. The number of aryl methyl sites for hydroxylation is 1. The Bertz CT molecular complexity index is 523. The molecule has 1 fully saturated rings. The highest BCUT2D eigenvalue weighted by Gasteiger charge is 2.32. The highest BCUT2D eigenvalue weighted by molar-refractivity contribution is 5.94. The number of rotatable bonds is 3. The zero-order valence-corrected chi connectivity index (χ0v) is 11.5. The summed E-state index contributed by atoms with van der Waals surface area (Å²) in [5.74, 6) is -0.708. The van der Waals surface area contributed by atoms with Crippen molar-refractivity contribution in [3.63, 3.8) is 0 Å². The smallest absolute Gasteiger partial charge is 0.331 e. The van der Waals surface area contributed by atoms with Crippen LogP contribution >= 0.6 is 0 Å². The number of aromatic nitrogens is 2. The van der Waals surface area contributed by atoms with Crippen molar-refractivity contribution < 1.29 is 19.1 Å². The molecule has 1 aromatic heterocycles. The van der Waals surface area contributed by atoms with E-state index in [1.54, 1.807) is 30.2 Å². The van der Waals surface area contributed by atoms with E-state index in [-0.39, 0.29) is 12.5 Å². The van der Waals surface area contributed by atoms with Crippen LogP contribution in [0.15, 0.2) is 18.5 Å². The standard InChI is InChI=1S/C13H17N3O4/c1-15-8-10(7-14-15)3-4-12(17)16-5-6-20-9-11(16)13(18)19-2/h3-4,7-8,11H,5-6,9H2,1-2H3/b4-3+. The Kier molecular flexibility index (Phi) is 4.52. The molecule has 20 heavy (non-hydrogen) atoms. The molecule has 7 heteroatoms. The molecule has 0 bridgehead atoms. The highest BCUT2D eigenvalue weighted by atomic mass is 16.5. The van der Waals surface area contributed by atoms with Crippen LogP contribution in [-0.2, 0) is 26.1 Å². The summed E-state index contributed by atoms with van der Waals surface area (Å²) in [5, 5.41) is 4.01. The minimum Gasteiger partial charge on any atom is -0.467 e. The summed E-state index contributed by atoms with van der Waals surface area (Å²) in [6, 6.07) is -0.681. The summed E-state index contributed by atoms with van der Waals surface area (Å²) in [6.07, 6.45) is 6.54. The van der Waals surface area contributed by atoms with Crippen molar-refractivity contribution in [2.24, 2.45) is 7.05 Å². The van der Waals surface area contributed by atoms with Crippen molar-refractivity contribution in [3.05, 3.63) is 24.0 Å². The third-order valence-electron chi connectivity index (χ3n) is 3.03. The van der Waals surface area contributed by atoms with Gasteiger partial charge in [-0.2, -0.15) is 5.10 Å². The monoisotopic (exact) mass is 279 g/mol. The molecular formula is C13H17N3O4. The Hall–Kier alpha value is -2.15. The van der Waals surface area contributed by atoms with E-state index in [0.717, 1.165) is 5.56 Å². The Morgan fingerprint density at radius 2 is 2.35 bits per heavy atom. The average molecular weight is 279 g/mol. The maximum Gasteiger partial charge on any atom is 0.331 e. The van der Waals surface area contributed by atoms with Gasteiger partial charge in [0.25, 0.3) is 0 Å². The zero-order chi connectivity index (χ0) is 14.5. The van der Waals surface area contributed by atoms with Gasteiger partial charge in [0, 0.05) is 31.4 Å². The first-order valence-electron chi connectivity index (χ1n) is 6.24. The summed E-state index contributed by atoms with van der Waals surface area (Å²) in [5.41, 5.74) is 0.823. The van der Waals surface area contributed by atoms with Crippen molar-refractivity contribution in [1.82, 2.24) is 14.7 Å². The first kappa shape index (κ1) is 14.3. The Morgan fingerprint density at radius 3 is 3.00 bits per heavy atom. The molecule has 2 rings (SSSR count). The van der Waals surface area contributed by atoms with Gasteiger partial charge in [-0.3, -0.25) is 9.48 Å². The molecule has 7 nitrogen and oxygen atoms in total. The largest absolute Gasteiger partial charge is 0.467 e. The third-order valence-corrected chi connectivity index (χ3v) is 3.03. The normalized spacial score (nSPS) is 19.3. The fourth-order valence-electron chi connectivity index (χ4n) is 1.99. The van der Waals surface area contributed by atoms with Gasteiger partial charge in [-0.15, -0.1) is 0 Å². The molecule has 0 spiro atoms. The molecule has 1 amide bonds. The van der Waals surface area contributed by atoms with Crippen LogP contribution in [0.2, 0.25) is 0 Å². The number of amides is 1. The Labute approximate surface area is 116 Å². The van der Waals surface area contributed by atoms with Crippen molar-refractivity contribution in [3.8, 4) is 0 Å². The van der Waals surface area contributed by atoms with Crippen LogP contribution in [0, 0.1) is 0 Å². The molecule has 0 aliphatic carbocycles. The van der Waals surface area contributed by atoms with E-state index < -0.39 is 12.0 Å². The maximum atomic E-state index is 12.2. The van der Waals surface area contributed by atoms with Crippen molar-refractivity contribution in [1.29, 1.82) is 0 Å². The third kappa shape index (κ3) is 3.24. The number of methoxy groups -OCH3 is 1. The van der Waals surface area contributed by atoms with Crippen LogP contribution in [-0.4, -0.2) is 59.5 Å². The number of carbonyl (C=O) groups excluding carboxylic acids is 2. The van der Waals surface area contributed by atoms with Crippen LogP contribution in [0.4, 0.5) is 0 Å². The van der Waals surface area contributed by atoms with Crippen molar-refractivity contribution in [2.75, 3.05) is 26.9 Å². The van der Waals surface area contributed by atoms with E-state index >= 15 is 0 Å². The Morgan fingerprint density at radius 1 is 1.55 bits per heavy atom. The maximum absolute atomic E-state index is 12.2. The number of hydrogen-bond donors (Lipinski definition) is 0. The fraction of sp³-hybridized carbons (Fsp3) is 0.462. The first-order valence-corrected chi connectivity index (χ1v) is 6.24. The summed E-state index contributed by atoms with van der Waals surface area (Å²) in [6.45, 7) is 0.953. The second-order valence-electron chi connectivity index (χ2n) is 4.43. The minimum atomic E-state index is -0.681. The summed E-state index contributed by atoms with van der Waals surface area (Å²) in [7, 11) is 3.10. The van der Waals surface area contributed by atoms with Crippen LogP contribution < -0.4 is 0 Å². The predicted octanol–water partition coefficient (Wildman–Crippen LogP) is -0.166. The lowest BCUT2D eigenvalue weighted by Gasteiger charge is -2.32. The number of hydrogen-bond acceptors (Lipinski definition) is 5. The second-order valence-corrected chi connectivity index (χ2v) is 4.43. The van der Waals surface area contributed by atoms with E-state index in [9.17, 15) is 9.59 Å². The van der Waals surface area contributed by atoms with Crippen LogP contribution in [0.5, 0.6) is 0 Å². The van der Waals surface area contributed by atoms with E-state index in [1.165, 1.54) is 18.1 Å². The van der Waals surface area contributed by atoms with Gasteiger partial charge in [-0.05, 0) is 6.08 Å². The molecule has 0 aromatic carbocycles. The molecule has 1 aromatic rings. The molecule has 0 radical (unpaired) electrons. The van der Waals surface area contributed by atoms with Crippen molar-refractivity contribution >= 4 is 18.0 Å². The molecule has 1 saturated heterocycles. The van der Waals surface area contributed by atoms with E-state index in [0.29, 0.717) is 13.2 Å². The van der Waals surface area contributed by atoms with Gasteiger partial charge in [0.2, 0.25) is 5.91 Å². The first-order chi connectivity index (χ1) is 9.61. The highest BCUT2D eigenvalue weighted by Crippen LogP contribution is 2.10. The summed E-state index contributed by atoms with van der Waals surface area (Å²) in [4.78, 5) is 25.2. The molecular weight excluding hydrogens is 262 g/mol. The lowest BCUT2D eigenvalue weighted by atomic mass is 10.2. The van der Waals surface area contributed by atoms with E-state index in [2.05, 4.69) is 9.84 Å². The lowest BCUT2D eigenvalue weighted by Crippen LogP contribution is -2.52. The van der Waals surface area contributed by atoms with Gasteiger partial charge in [0.1, 0.15) is 0 Å². The summed E-state index contributed by atoms with van der Waals surface area (Å²) < 4.78 is 11.6. The zero-order valence-electron chi connectivity index (χ0n) is 11.5. The second kappa shape index (κ2) is 6.33. The molecule has 108 valence electrons. The van der Waals surface area contributed by atoms with Gasteiger partial charge >= 0.3 is 5.97 Å². The number of nitrogens with zero attached hydrogens (tertiary/aromatic N) is 3. The molecule has 1 unspecified atom stereocenters. The van der Waals surface area contributed by atoms with Crippen LogP contribution in [0.3, 0.4) is 0 Å². The van der Waals surface area contributed by atoms with Gasteiger partial charge in [0.05, 0.1) is 26.5 Å². The number of carbonyl (C=O) groups is 2. The predicted molar refractivity (Wildman–Crippen MR) is 70.6 cm³/mol. The fourth-order valence-corrected chi connectivity index (χ4v) is 1.99. The van der Waals surface area contributed by atoms with Gasteiger partial charge in [0.15, 0.2) is 6.04 Å². The van der Waals surface area contributed by atoms with Gasteiger partial charge < -0.3 is 14.4 Å². The lowest BCUT2D eigenvalue weighted by molar-refractivity contribution is -0.158. The molecule has 1 atom stereocenters. The van der Waals surface area contributed by atoms with Crippen LogP contribution in [0.25, 0.3) is 6.08 Å². The summed E-state index contributed by atoms with van der Waals surface area (Å²) >= 11 is 0. The topological polar surface area (TPSA) is 73.7 Å². The average Bonchev–Trinajstić information content (AvgIpc) is 2.89. The SMILES string of the molecule is COC(=O)C1COCCN1C(=O)/C=C/c1cnn(C)c1. The molecule has 2 heterocycles. The van der Waals surface area contributed by atoms with E-state index in [4.69, 9.17) is 4.74 Å².